The molecule has 1 heterocycles. The summed E-state index contributed by atoms with van der Waals surface area (Å²) in [5, 5.41) is 3.23. The summed E-state index contributed by atoms with van der Waals surface area (Å²) in [7, 11) is 1.70. The first-order valence-electron chi connectivity index (χ1n) is 9.58. The maximum absolute atomic E-state index is 6.18. The molecule has 3 rings (SSSR count). The molecule has 0 spiro atoms. The molecule has 1 aliphatic rings. The molecule has 0 amide bonds. The molecule has 0 aromatic heterocycles. The molecule has 0 radical (unpaired) electrons. The molecule has 0 bridgehead atoms. The van der Waals surface area contributed by atoms with Crippen LogP contribution < -0.4 is 15.8 Å². The van der Waals surface area contributed by atoms with E-state index in [1.165, 1.54) is 29.5 Å². The van der Waals surface area contributed by atoms with E-state index in [1.54, 1.807) is 7.11 Å². The van der Waals surface area contributed by atoms with E-state index in [-0.39, 0.29) is 30.0 Å². The smallest absolute Gasteiger partial charge is 0.193 e. The van der Waals surface area contributed by atoms with Crippen molar-refractivity contribution < 1.29 is 4.74 Å². The van der Waals surface area contributed by atoms with Gasteiger partial charge in [0, 0.05) is 5.69 Å². The van der Waals surface area contributed by atoms with Crippen molar-refractivity contribution in [2.24, 2.45) is 10.7 Å². The van der Waals surface area contributed by atoms with Gasteiger partial charge in [-0.15, -0.1) is 24.0 Å². The predicted molar refractivity (Wildman–Crippen MR) is 128 cm³/mol. The van der Waals surface area contributed by atoms with Gasteiger partial charge in [0.2, 0.25) is 0 Å². The van der Waals surface area contributed by atoms with Gasteiger partial charge in [-0.25, -0.2) is 0 Å². The molecule has 1 aliphatic heterocycles. The van der Waals surface area contributed by atoms with E-state index >= 15 is 0 Å². The van der Waals surface area contributed by atoms with Crippen molar-refractivity contribution in [3.8, 4) is 5.75 Å². The standard InChI is InChI=1S/C22H30N4O.HI/c1-16-11-17(2)13-19(12-16)25-22(23)24-15-21(26-9-4-5-10-26)18-7-6-8-20(14-18)27-3;/h6-8,11-14,21H,4-5,9-10,15H2,1-3H3,(H3,23,24,25);1H. The minimum Gasteiger partial charge on any atom is -0.497 e. The molecule has 2 aromatic rings. The SMILES string of the molecule is COc1cccc(C(CN=C(N)Nc2cc(C)cc(C)c2)N2CCCC2)c1.I. The fourth-order valence-electron chi connectivity index (χ4n) is 3.75. The molecule has 1 unspecified atom stereocenters. The Labute approximate surface area is 185 Å². The highest BCUT2D eigenvalue weighted by molar-refractivity contribution is 14.0. The number of hydrogen-bond acceptors (Lipinski definition) is 3. The van der Waals surface area contributed by atoms with Crippen molar-refractivity contribution in [2.75, 3.05) is 32.1 Å². The molecule has 152 valence electrons. The van der Waals surface area contributed by atoms with Gasteiger partial charge >= 0.3 is 0 Å². The first-order valence-corrected chi connectivity index (χ1v) is 9.58. The number of rotatable bonds is 6. The first kappa shape index (κ1) is 22.5. The molecule has 6 heteroatoms. The van der Waals surface area contributed by atoms with Gasteiger partial charge in [0.15, 0.2) is 5.96 Å². The van der Waals surface area contributed by atoms with Crippen molar-refractivity contribution >= 4 is 35.6 Å². The van der Waals surface area contributed by atoms with Crippen molar-refractivity contribution in [3.05, 3.63) is 59.2 Å². The molecule has 1 fully saturated rings. The number of hydrogen-bond donors (Lipinski definition) is 2. The van der Waals surface area contributed by atoms with E-state index in [1.807, 2.05) is 12.1 Å². The molecule has 1 saturated heterocycles. The topological polar surface area (TPSA) is 62.9 Å². The van der Waals surface area contributed by atoms with Gasteiger partial charge in [0.05, 0.1) is 19.7 Å². The second kappa shape index (κ2) is 10.7. The van der Waals surface area contributed by atoms with Crippen LogP contribution in [0.15, 0.2) is 47.5 Å². The number of guanidine groups is 1. The van der Waals surface area contributed by atoms with Gasteiger partial charge in [0.25, 0.3) is 0 Å². The van der Waals surface area contributed by atoms with Gasteiger partial charge < -0.3 is 15.8 Å². The van der Waals surface area contributed by atoms with Crippen LogP contribution in [0.1, 0.15) is 35.6 Å². The van der Waals surface area contributed by atoms with Crippen LogP contribution in [-0.4, -0.2) is 37.6 Å². The first-order chi connectivity index (χ1) is 13.0. The minimum absolute atomic E-state index is 0. The molecule has 1 atom stereocenters. The molecule has 3 N–H and O–H groups in total. The molecule has 28 heavy (non-hydrogen) atoms. The van der Waals surface area contributed by atoms with Gasteiger partial charge in [-0.1, -0.05) is 18.2 Å². The lowest BCUT2D eigenvalue weighted by atomic mass is 10.1. The van der Waals surface area contributed by atoms with Crippen LogP contribution in [0.5, 0.6) is 5.75 Å². The summed E-state index contributed by atoms with van der Waals surface area (Å²) in [5.74, 6) is 1.33. The Bertz CT molecular complexity index is 783. The molecule has 5 nitrogen and oxygen atoms in total. The fraction of sp³-hybridized carbons (Fsp3) is 0.409. The molecular weight excluding hydrogens is 463 g/mol. The zero-order chi connectivity index (χ0) is 19.2. The number of nitrogens with two attached hydrogens (primary N) is 1. The number of aryl methyl sites for hydroxylation is 2. The van der Waals surface area contributed by atoms with Crippen molar-refractivity contribution in [2.45, 2.75) is 32.7 Å². The quantitative estimate of drug-likeness (QED) is 0.353. The Morgan fingerprint density at radius 2 is 1.82 bits per heavy atom. The second-order valence-electron chi connectivity index (χ2n) is 7.26. The third kappa shape index (κ3) is 6.10. The molecule has 2 aromatic carbocycles. The third-order valence-electron chi connectivity index (χ3n) is 4.99. The average molecular weight is 494 g/mol. The summed E-state index contributed by atoms with van der Waals surface area (Å²) in [6, 6.07) is 14.8. The summed E-state index contributed by atoms with van der Waals surface area (Å²) < 4.78 is 5.40. The highest BCUT2D eigenvalue weighted by Gasteiger charge is 2.23. The van der Waals surface area contributed by atoms with Crippen molar-refractivity contribution in [1.29, 1.82) is 0 Å². The maximum Gasteiger partial charge on any atom is 0.193 e. The number of likely N-dealkylation sites (tertiary alicyclic amines) is 1. The largest absolute Gasteiger partial charge is 0.497 e. The van der Waals surface area contributed by atoms with Gasteiger partial charge in [-0.05, 0) is 80.7 Å². The van der Waals surface area contributed by atoms with Gasteiger partial charge in [-0.2, -0.15) is 0 Å². The van der Waals surface area contributed by atoms with Crippen LogP contribution >= 0.6 is 24.0 Å². The van der Waals surface area contributed by atoms with Crippen molar-refractivity contribution in [3.63, 3.8) is 0 Å². The highest BCUT2D eigenvalue weighted by atomic mass is 127. The number of nitrogens with zero attached hydrogens (tertiary/aromatic N) is 2. The van der Waals surface area contributed by atoms with E-state index in [0.717, 1.165) is 24.5 Å². The number of methoxy groups -OCH3 is 1. The van der Waals surface area contributed by atoms with E-state index < -0.39 is 0 Å². The normalized spacial score (nSPS) is 15.8. The summed E-state index contributed by atoms with van der Waals surface area (Å²) in [4.78, 5) is 7.14. The maximum atomic E-state index is 6.18. The summed E-state index contributed by atoms with van der Waals surface area (Å²) in [6.45, 7) is 6.98. The Balaban J connectivity index is 0.00000280. The van der Waals surface area contributed by atoms with Crippen LogP contribution in [0.2, 0.25) is 0 Å². The number of halogens is 1. The number of nitrogens with one attached hydrogen (secondary N) is 1. The van der Waals surface area contributed by atoms with E-state index in [9.17, 15) is 0 Å². The van der Waals surface area contributed by atoms with Crippen LogP contribution in [0.25, 0.3) is 0 Å². The monoisotopic (exact) mass is 494 g/mol. The van der Waals surface area contributed by atoms with E-state index in [2.05, 4.69) is 59.4 Å². The average Bonchev–Trinajstić information content (AvgIpc) is 3.15. The number of anilines is 1. The number of ether oxygens (including phenoxy) is 1. The molecule has 0 saturated carbocycles. The minimum atomic E-state index is 0. The predicted octanol–water partition coefficient (Wildman–Crippen LogP) is 4.49. The lowest BCUT2D eigenvalue weighted by Crippen LogP contribution is -2.30. The Morgan fingerprint density at radius 1 is 1.14 bits per heavy atom. The Morgan fingerprint density at radius 3 is 2.46 bits per heavy atom. The Hall–Kier alpha value is -1.80. The summed E-state index contributed by atoms with van der Waals surface area (Å²) in [5.41, 5.74) is 10.8. The third-order valence-corrected chi connectivity index (χ3v) is 4.99. The molecular formula is C22H31IN4O. The summed E-state index contributed by atoms with van der Waals surface area (Å²) in [6.07, 6.45) is 2.47. The van der Waals surface area contributed by atoms with Crippen LogP contribution in [0.3, 0.4) is 0 Å². The number of aliphatic imine (C=N–C) groups is 1. The van der Waals surface area contributed by atoms with Gasteiger partial charge in [0.1, 0.15) is 5.75 Å². The lowest BCUT2D eigenvalue weighted by Gasteiger charge is -2.27. The lowest BCUT2D eigenvalue weighted by molar-refractivity contribution is 0.251. The molecule has 0 aliphatic carbocycles. The van der Waals surface area contributed by atoms with Crippen molar-refractivity contribution in [1.82, 2.24) is 4.90 Å². The van der Waals surface area contributed by atoms with Gasteiger partial charge in [-0.3, -0.25) is 9.89 Å². The van der Waals surface area contributed by atoms with Crippen LogP contribution in [-0.2, 0) is 0 Å². The van der Waals surface area contributed by atoms with E-state index in [0.29, 0.717) is 12.5 Å². The summed E-state index contributed by atoms with van der Waals surface area (Å²) >= 11 is 0. The van der Waals surface area contributed by atoms with E-state index in [4.69, 9.17) is 10.5 Å². The fourth-order valence-corrected chi connectivity index (χ4v) is 3.75. The number of benzene rings is 2. The second-order valence-corrected chi connectivity index (χ2v) is 7.26. The Kier molecular flexibility index (Phi) is 8.57. The zero-order valence-corrected chi connectivity index (χ0v) is 19.3. The zero-order valence-electron chi connectivity index (χ0n) is 16.9. The van der Waals surface area contributed by atoms with Crippen LogP contribution in [0, 0.1) is 13.8 Å². The van der Waals surface area contributed by atoms with Crippen LogP contribution in [0.4, 0.5) is 5.69 Å². The highest BCUT2D eigenvalue weighted by Crippen LogP contribution is 2.28.